The monoisotopic (exact) mass is 272 g/mol. The van der Waals surface area contributed by atoms with Crippen molar-refractivity contribution in [1.82, 2.24) is 0 Å². The summed E-state index contributed by atoms with van der Waals surface area (Å²) in [5.74, 6) is -0.833. The average Bonchev–Trinajstić information content (AvgIpc) is 2.35. The Morgan fingerprint density at radius 2 is 1.32 bits per heavy atom. The molecule has 0 radical (unpaired) electrons. The maximum atomic E-state index is 9.00. The van der Waals surface area contributed by atoms with Crippen LogP contribution in [0.5, 0.6) is 0 Å². The lowest BCUT2D eigenvalue weighted by Gasteiger charge is -1.97. The first-order chi connectivity index (χ1) is 9.15. The zero-order chi connectivity index (χ0) is 14.8. The molecule has 0 bridgehead atoms. The number of carboxylic acid groups (broad SMARTS) is 1. The molecule has 0 aliphatic carbocycles. The van der Waals surface area contributed by atoms with Crippen LogP contribution in [0.3, 0.4) is 0 Å². The number of aliphatic carboxylic acids is 1. The molecule has 0 aromatic heterocycles. The highest BCUT2D eigenvalue weighted by Gasteiger charge is 1.88. The van der Waals surface area contributed by atoms with Crippen molar-refractivity contribution >= 4 is 5.97 Å². The number of unbranched alkanes of at least 4 members (excludes halogenated alkanes) is 8. The predicted octanol–water partition coefficient (Wildman–Crippen LogP) is 4.55. The van der Waals surface area contributed by atoms with Crippen LogP contribution in [0.2, 0.25) is 0 Å². The second kappa shape index (κ2) is 19.5. The van der Waals surface area contributed by atoms with E-state index in [1.54, 1.807) is 0 Å². The molecule has 0 fully saturated rings. The summed E-state index contributed by atoms with van der Waals surface area (Å²) in [5.41, 5.74) is 0. The van der Waals surface area contributed by atoms with E-state index in [0.29, 0.717) is 6.61 Å². The first-order valence-electron chi connectivity index (χ1n) is 7.60. The van der Waals surface area contributed by atoms with Crippen molar-refractivity contribution in [1.29, 1.82) is 0 Å². The number of aliphatic hydroxyl groups is 1. The predicted molar refractivity (Wildman–Crippen MR) is 81.4 cm³/mol. The molecule has 114 valence electrons. The summed E-state index contributed by atoms with van der Waals surface area (Å²) in [7, 11) is 0. The van der Waals surface area contributed by atoms with Gasteiger partial charge in [-0.1, -0.05) is 51.2 Å². The lowest BCUT2D eigenvalue weighted by molar-refractivity contribution is -0.134. The summed E-state index contributed by atoms with van der Waals surface area (Å²) in [5, 5.41) is 16.0. The summed E-state index contributed by atoms with van der Waals surface area (Å²) in [6, 6.07) is 0. The fraction of sp³-hybridized carbons (Fsp3) is 0.812. The molecule has 19 heavy (non-hydrogen) atoms. The first kappa shape index (κ1) is 20.5. The molecule has 0 saturated heterocycles. The molecule has 3 heteroatoms. The molecular formula is C16H32O3. The van der Waals surface area contributed by atoms with Gasteiger partial charge in [0, 0.05) is 13.5 Å². The zero-order valence-corrected chi connectivity index (χ0v) is 12.7. The third-order valence-electron chi connectivity index (χ3n) is 2.67. The molecule has 0 amide bonds. The van der Waals surface area contributed by atoms with Gasteiger partial charge in [-0.3, -0.25) is 4.79 Å². The first-order valence-corrected chi connectivity index (χ1v) is 7.60. The molecule has 0 atom stereocenters. The summed E-state index contributed by atoms with van der Waals surface area (Å²) in [6.07, 6.45) is 17.3. The number of aliphatic hydroxyl groups excluding tert-OH is 1. The molecule has 0 aliphatic heterocycles. The Labute approximate surface area is 118 Å². The molecule has 0 aliphatic rings. The van der Waals surface area contributed by atoms with Gasteiger partial charge in [-0.25, -0.2) is 0 Å². The zero-order valence-electron chi connectivity index (χ0n) is 12.7. The number of hydrogen-bond donors (Lipinski definition) is 2. The Balaban J connectivity index is 0. The number of carboxylic acids is 1. The molecule has 0 spiro atoms. The van der Waals surface area contributed by atoms with Crippen molar-refractivity contribution in [3.63, 3.8) is 0 Å². The van der Waals surface area contributed by atoms with Gasteiger partial charge in [0.05, 0.1) is 0 Å². The minimum atomic E-state index is -0.833. The third-order valence-corrected chi connectivity index (χ3v) is 2.67. The smallest absolute Gasteiger partial charge is 0.300 e. The Morgan fingerprint density at radius 3 is 1.79 bits per heavy atom. The molecule has 0 aromatic rings. The Hall–Kier alpha value is -0.830. The largest absolute Gasteiger partial charge is 0.481 e. The molecule has 0 aromatic carbocycles. The SMILES string of the molecule is CC(=O)O.CCCCCCCC/C=C/CCCCO. The highest BCUT2D eigenvalue weighted by molar-refractivity contribution is 5.62. The molecule has 0 rings (SSSR count). The highest BCUT2D eigenvalue weighted by atomic mass is 16.4. The van der Waals surface area contributed by atoms with Crippen LogP contribution in [0.1, 0.15) is 78.1 Å². The van der Waals surface area contributed by atoms with E-state index in [2.05, 4.69) is 19.1 Å². The van der Waals surface area contributed by atoms with E-state index in [-0.39, 0.29) is 0 Å². The average molecular weight is 272 g/mol. The van der Waals surface area contributed by atoms with Crippen molar-refractivity contribution in [3.05, 3.63) is 12.2 Å². The van der Waals surface area contributed by atoms with E-state index in [1.165, 1.54) is 44.9 Å². The van der Waals surface area contributed by atoms with Gasteiger partial charge >= 0.3 is 0 Å². The van der Waals surface area contributed by atoms with Gasteiger partial charge in [0.1, 0.15) is 0 Å². The minimum Gasteiger partial charge on any atom is -0.481 e. The van der Waals surface area contributed by atoms with Gasteiger partial charge in [-0.2, -0.15) is 0 Å². The van der Waals surface area contributed by atoms with E-state index in [4.69, 9.17) is 15.0 Å². The van der Waals surface area contributed by atoms with Crippen LogP contribution in [0.25, 0.3) is 0 Å². The van der Waals surface area contributed by atoms with Crippen LogP contribution in [0.4, 0.5) is 0 Å². The van der Waals surface area contributed by atoms with E-state index < -0.39 is 5.97 Å². The summed E-state index contributed by atoms with van der Waals surface area (Å²) >= 11 is 0. The maximum absolute atomic E-state index is 9.00. The van der Waals surface area contributed by atoms with Crippen LogP contribution < -0.4 is 0 Å². The Bertz CT molecular complexity index is 196. The van der Waals surface area contributed by atoms with Crippen LogP contribution in [0, 0.1) is 0 Å². The topological polar surface area (TPSA) is 57.5 Å². The third kappa shape index (κ3) is 31.7. The lowest BCUT2D eigenvalue weighted by atomic mass is 10.1. The Kier molecular flexibility index (Phi) is 21.0. The van der Waals surface area contributed by atoms with Gasteiger partial charge in [0.15, 0.2) is 0 Å². The van der Waals surface area contributed by atoms with Gasteiger partial charge in [0.25, 0.3) is 5.97 Å². The molecule has 0 unspecified atom stereocenters. The Morgan fingerprint density at radius 1 is 0.895 bits per heavy atom. The molecule has 2 N–H and O–H groups in total. The van der Waals surface area contributed by atoms with Crippen LogP contribution in [-0.2, 0) is 4.79 Å². The van der Waals surface area contributed by atoms with E-state index in [1.807, 2.05) is 0 Å². The second-order valence-electron chi connectivity index (χ2n) is 4.77. The number of carbonyl (C=O) groups is 1. The van der Waals surface area contributed by atoms with Crippen LogP contribution in [-0.4, -0.2) is 22.8 Å². The van der Waals surface area contributed by atoms with Gasteiger partial charge in [-0.05, 0) is 32.1 Å². The van der Waals surface area contributed by atoms with Crippen LogP contribution in [0.15, 0.2) is 12.2 Å². The number of hydrogen-bond acceptors (Lipinski definition) is 2. The molecule has 0 heterocycles. The van der Waals surface area contributed by atoms with Crippen molar-refractivity contribution in [3.8, 4) is 0 Å². The van der Waals surface area contributed by atoms with Crippen molar-refractivity contribution < 1.29 is 15.0 Å². The van der Waals surface area contributed by atoms with Crippen molar-refractivity contribution in [2.75, 3.05) is 6.61 Å². The normalized spacial score (nSPS) is 10.3. The molecule has 0 saturated carbocycles. The minimum absolute atomic E-state index is 0.339. The number of rotatable bonds is 11. The molecule has 3 nitrogen and oxygen atoms in total. The van der Waals surface area contributed by atoms with E-state index in [9.17, 15) is 0 Å². The van der Waals surface area contributed by atoms with Crippen molar-refractivity contribution in [2.45, 2.75) is 78.1 Å². The number of allylic oxidation sites excluding steroid dienone is 2. The van der Waals surface area contributed by atoms with Gasteiger partial charge < -0.3 is 10.2 Å². The summed E-state index contributed by atoms with van der Waals surface area (Å²) < 4.78 is 0. The standard InChI is InChI=1S/C14H28O.C2H4O2/c1-2-3-4-5-6-7-8-9-10-11-12-13-14-15;1-2(3)4/h9-10,15H,2-8,11-14H2,1H3;1H3,(H,3,4)/b10-9+;. The summed E-state index contributed by atoms with van der Waals surface area (Å²) in [6.45, 7) is 3.68. The maximum Gasteiger partial charge on any atom is 0.300 e. The highest BCUT2D eigenvalue weighted by Crippen LogP contribution is 2.07. The van der Waals surface area contributed by atoms with E-state index in [0.717, 1.165) is 26.2 Å². The van der Waals surface area contributed by atoms with E-state index >= 15 is 0 Å². The fourth-order valence-corrected chi connectivity index (χ4v) is 1.65. The lowest BCUT2D eigenvalue weighted by Crippen LogP contribution is -1.80. The van der Waals surface area contributed by atoms with Crippen LogP contribution >= 0.6 is 0 Å². The van der Waals surface area contributed by atoms with Gasteiger partial charge in [-0.15, -0.1) is 0 Å². The summed E-state index contributed by atoms with van der Waals surface area (Å²) in [4.78, 5) is 9.00. The van der Waals surface area contributed by atoms with Gasteiger partial charge in [0.2, 0.25) is 0 Å². The van der Waals surface area contributed by atoms with Crippen molar-refractivity contribution in [2.24, 2.45) is 0 Å². The molecular weight excluding hydrogens is 240 g/mol. The quantitative estimate of drug-likeness (QED) is 0.428. The fourth-order valence-electron chi connectivity index (χ4n) is 1.65. The second-order valence-corrected chi connectivity index (χ2v) is 4.77.